The molecule has 0 radical (unpaired) electrons. The number of aliphatic hydroxyl groups excluding tert-OH is 1. The molecular formula is C13H19ClFNO. The summed E-state index contributed by atoms with van der Waals surface area (Å²) in [6, 6.07) is 5.09. The summed E-state index contributed by atoms with van der Waals surface area (Å²) in [7, 11) is 0. The molecule has 2 unspecified atom stereocenters. The highest BCUT2D eigenvalue weighted by atomic mass is 35.5. The second-order valence-electron chi connectivity index (χ2n) is 4.18. The number of nitrogens with one attached hydrogen (secondary N) is 1. The van der Waals surface area contributed by atoms with Crippen LogP contribution in [0.25, 0.3) is 0 Å². The molecule has 96 valence electrons. The molecule has 0 saturated carbocycles. The van der Waals surface area contributed by atoms with E-state index in [1.165, 1.54) is 6.07 Å². The summed E-state index contributed by atoms with van der Waals surface area (Å²) >= 11 is 5.75. The number of hydrogen-bond acceptors (Lipinski definition) is 2. The average Bonchev–Trinajstić information content (AvgIpc) is 2.31. The Hall–Kier alpha value is -0.640. The standard InChI is InChI=1S/C13H19ClFNO/c1-3-11(6-7-17)16-9(2)10-4-5-13(15)12(14)8-10/h4-5,8-9,11,16-17H,3,6-7H2,1-2H3. The van der Waals surface area contributed by atoms with E-state index in [2.05, 4.69) is 12.2 Å². The van der Waals surface area contributed by atoms with Gasteiger partial charge in [0.05, 0.1) is 5.02 Å². The average molecular weight is 260 g/mol. The summed E-state index contributed by atoms with van der Waals surface area (Å²) in [6.45, 7) is 4.24. The van der Waals surface area contributed by atoms with Crippen LogP contribution in [0.5, 0.6) is 0 Å². The summed E-state index contributed by atoms with van der Waals surface area (Å²) < 4.78 is 13.0. The monoisotopic (exact) mass is 259 g/mol. The van der Waals surface area contributed by atoms with Gasteiger partial charge in [0.2, 0.25) is 0 Å². The van der Waals surface area contributed by atoms with Gasteiger partial charge in [0.25, 0.3) is 0 Å². The molecule has 2 atom stereocenters. The van der Waals surface area contributed by atoms with Crippen LogP contribution >= 0.6 is 11.6 Å². The quantitative estimate of drug-likeness (QED) is 0.822. The summed E-state index contributed by atoms with van der Waals surface area (Å²) in [5.41, 5.74) is 0.952. The Bertz CT molecular complexity index is 359. The maximum absolute atomic E-state index is 13.0. The Morgan fingerprint density at radius 3 is 2.71 bits per heavy atom. The molecule has 0 aromatic heterocycles. The van der Waals surface area contributed by atoms with Crippen LogP contribution in [0.4, 0.5) is 4.39 Å². The minimum absolute atomic E-state index is 0.0876. The minimum Gasteiger partial charge on any atom is -0.396 e. The van der Waals surface area contributed by atoms with Gasteiger partial charge in [-0.25, -0.2) is 4.39 Å². The van der Waals surface area contributed by atoms with Crippen molar-refractivity contribution < 1.29 is 9.50 Å². The van der Waals surface area contributed by atoms with E-state index in [4.69, 9.17) is 16.7 Å². The second-order valence-corrected chi connectivity index (χ2v) is 4.59. The third-order valence-electron chi connectivity index (χ3n) is 2.90. The van der Waals surface area contributed by atoms with Crippen LogP contribution in [-0.4, -0.2) is 17.8 Å². The fraction of sp³-hybridized carbons (Fsp3) is 0.538. The topological polar surface area (TPSA) is 32.3 Å². The maximum atomic E-state index is 13.0. The first-order valence-corrected chi connectivity index (χ1v) is 6.28. The molecular weight excluding hydrogens is 241 g/mol. The zero-order valence-corrected chi connectivity index (χ0v) is 11.0. The minimum atomic E-state index is -0.398. The molecule has 0 saturated heterocycles. The highest BCUT2D eigenvalue weighted by molar-refractivity contribution is 6.30. The smallest absolute Gasteiger partial charge is 0.141 e. The van der Waals surface area contributed by atoms with Crippen molar-refractivity contribution in [3.05, 3.63) is 34.6 Å². The molecule has 17 heavy (non-hydrogen) atoms. The van der Waals surface area contributed by atoms with Crippen molar-refractivity contribution in [2.45, 2.75) is 38.8 Å². The van der Waals surface area contributed by atoms with E-state index >= 15 is 0 Å². The van der Waals surface area contributed by atoms with Gasteiger partial charge in [0.15, 0.2) is 0 Å². The molecule has 0 aliphatic carbocycles. The van der Waals surface area contributed by atoms with Crippen molar-refractivity contribution in [2.75, 3.05) is 6.61 Å². The molecule has 1 aromatic rings. The van der Waals surface area contributed by atoms with Crippen LogP contribution in [0.3, 0.4) is 0 Å². The third kappa shape index (κ3) is 4.26. The molecule has 2 nitrogen and oxygen atoms in total. The molecule has 0 amide bonds. The molecule has 1 aromatic carbocycles. The third-order valence-corrected chi connectivity index (χ3v) is 3.19. The lowest BCUT2D eigenvalue weighted by molar-refractivity contribution is 0.257. The van der Waals surface area contributed by atoms with E-state index in [0.29, 0.717) is 0 Å². The van der Waals surface area contributed by atoms with Crippen molar-refractivity contribution in [1.29, 1.82) is 0 Å². The van der Waals surface area contributed by atoms with Gasteiger partial charge < -0.3 is 10.4 Å². The first-order valence-electron chi connectivity index (χ1n) is 5.90. The number of hydrogen-bond donors (Lipinski definition) is 2. The van der Waals surface area contributed by atoms with Crippen LogP contribution < -0.4 is 5.32 Å². The van der Waals surface area contributed by atoms with Gasteiger partial charge in [0.1, 0.15) is 5.82 Å². The Kier molecular flexibility index (Phi) is 5.89. The summed E-state index contributed by atoms with van der Waals surface area (Å²) in [6.07, 6.45) is 1.66. The number of rotatable bonds is 6. The van der Waals surface area contributed by atoms with Gasteiger partial charge in [-0.15, -0.1) is 0 Å². The van der Waals surface area contributed by atoms with E-state index < -0.39 is 5.82 Å². The zero-order valence-electron chi connectivity index (χ0n) is 10.2. The Balaban J connectivity index is 2.68. The lowest BCUT2D eigenvalue weighted by Crippen LogP contribution is -2.31. The predicted molar refractivity (Wildman–Crippen MR) is 68.7 cm³/mol. The van der Waals surface area contributed by atoms with E-state index in [9.17, 15) is 4.39 Å². The van der Waals surface area contributed by atoms with E-state index in [1.54, 1.807) is 12.1 Å². The van der Waals surface area contributed by atoms with Gasteiger partial charge in [-0.1, -0.05) is 24.6 Å². The van der Waals surface area contributed by atoms with Crippen molar-refractivity contribution in [2.24, 2.45) is 0 Å². The largest absolute Gasteiger partial charge is 0.396 e. The molecule has 0 spiro atoms. The van der Waals surface area contributed by atoms with Crippen LogP contribution in [0, 0.1) is 5.82 Å². The fourth-order valence-corrected chi connectivity index (χ4v) is 1.98. The van der Waals surface area contributed by atoms with Crippen LogP contribution in [-0.2, 0) is 0 Å². The SMILES string of the molecule is CCC(CCO)NC(C)c1ccc(F)c(Cl)c1. The van der Waals surface area contributed by atoms with Gasteiger partial charge in [-0.05, 0) is 37.5 Å². The van der Waals surface area contributed by atoms with Crippen LogP contribution in [0.1, 0.15) is 38.3 Å². The highest BCUT2D eigenvalue weighted by Gasteiger charge is 2.12. The summed E-state index contributed by atoms with van der Waals surface area (Å²) in [4.78, 5) is 0. The zero-order chi connectivity index (χ0) is 12.8. The normalized spacial score (nSPS) is 14.6. The molecule has 1 rings (SSSR count). The highest BCUT2D eigenvalue weighted by Crippen LogP contribution is 2.21. The molecule has 0 fully saturated rings. The summed E-state index contributed by atoms with van der Waals surface area (Å²) in [5, 5.41) is 12.5. The van der Waals surface area contributed by atoms with E-state index in [0.717, 1.165) is 18.4 Å². The maximum Gasteiger partial charge on any atom is 0.141 e. The lowest BCUT2D eigenvalue weighted by Gasteiger charge is -2.22. The molecule has 0 aliphatic heterocycles. The number of aliphatic hydroxyl groups is 1. The lowest BCUT2D eigenvalue weighted by atomic mass is 10.1. The van der Waals surface area contributed by atoms with Gasteiger partial charge in [-0.2, -0.15) is 0 Å². The van der Waals surface area contributed by atoms with E-state index in [1.807, 2.05) is 6.92 Å². The molecule has 4 heteroatoms. The Labute approximate surface area is 107 Å². The van der Waals surface area contributed by atoms with Crippen LogP contribution in [0.2, 0.25) is 5.02 Å². The molecule has 2 N–H and O–H groups in total. The molecule has 0 heterocycles. The summed E-state index contributed by atoms with van der Waals surface area (Å²) in [5.74, 6) is -0.398. The van der Waals surface area contributed by atoms with Gasteiger partial charge in [0, 0.05) is 18.7 Å². The second kappa shape index (κ2) is 6.94. The van der Waals surface area contributed by atoms with Crippen molar-refractivity contribution in [3.8, 4) is 0 Å². The molecule has 0 aliphatic rings. The van der Waals surface area contributed by atoms with E-state index in [-0.39, 0.29) is 23.7 Å². The van der Waals surface area contributed by atoms with Gasteiger partial charge >= 0.3 is 0 Å². The predicted octanol–water partition coefficient (Wildman–Crippen LogP) is 3.29. The number of halogens is 2. The Morgan fingerprint density at radius 1 is 1.47 bits per heavy atom. The van der Waals surface area contributed by atoms with Crippen LogP contribution in [0.15, 0.2) is 18.2 Å². The first-order chi connectivity index (χ1) is 8.08. The van der Waals surface area contributed by atoms with Crippen molar-refractivity contribution >= 4 is 11.6 Å². The fourth-order valence-electron chi connectivity index (χ4n) is 1.79. The molecule has 0 bridgehead atoms. The first kappa shape index (κ1) is 14.4. The van der Waals surface area contributed by atoms with Crippen molar-refractivity contribution in [1.82, 2.24) is 5.32 Å². The number of benzene rings is 1. The Morgan fingerprint density at radius 2 is 2.18 bits per heavy atom. The van der Waals surface area contributed by atoms with Gasteiger partial charge in [-0.3, -0.25) is 0 Å². The van der Waals surface area contributed by atoms with Crippen molar-refractivity contribution in [3.63, 3.8) is 0 Å².